The lowest BCUT2D eigenvalue weighted by atomic mass is 10.2. The number of anilines is 1. The van der Waals surface area contributed by atoms with Crippen LogP contribution in [0.25, 0.3) is 0 Å². The molecule has 0 aliphatic carbocycles. The molecule has 74 valence electrons. The summed E-state index contributed by atoms with van der Waals surface area (Å²) in [6.45, 7) is 4.50. The molecule has 0 radical (unpaired) electrons. The van der Waals surface area contributed by atoms with Crippen molar-refractivity contribution in [2.24, 2.45) is 0 Å². The Bertz CT molecular complexity index is 385. The average Bonchev–Trinajstić information content (AvgIpc) is 2.76. The smallest absolute Gasteiger partial charge is 0.200 e. The molecular formula is C9H12N4O. The molecule has 0 aliphatic rings. The van der Waals surface area contributed by atoms with Gasteiger partial charge in [-0.3, -0.25) is 0 Å². The minimum atomic E-state index is 0.675. The number of aromatic nitrogens is 3. The minimum absolute atomic E-state index is 0.675. The van der Waals surface area contributed by atoms with Gasteiger partial charge in [-0.1, -0.05) is 5.16 Å². The number of hydrogen-bond donors (Lipinski definition) is 2. The van der Waals surface area contributed by atoms with E-state index < -0.39 is 0 Å². The van der Waals surface area contributed by atoms with Gasteiger partial charge in [-0.15, -0.1) is 0 Å². The SMILES string of the molecule is Cc1noc(C)c1CNc1ncc[nH]1. The highest BCUT2D eigenvalue weighted by Crippen LogP contribution is 2.13. The van der Waals surface area contributed by atoms with Crippen LogP contribution in [-0.4, -0.2) is 15.1 Å². The Morgan fingerprint density at radius 2 is 2.36 bits per heavy atom. The molecular weight excluding hydrogens is 180 g/mol. The largest absolute Gasteiger partial charge is 0.361 e. The predicted octanol–water partition coefficient (Wildman–Crippen LogP) is 1.63. The first-order chi connectivity index (χ1) is 6.77. The topological polar surface area (TPSA) is 66.7 Å². The molecule has 0 unspecified atom stereocenters. The van der Waals surface area contributed by atoms with Crippen molar-refractivity contribution in [3.8, 4) is 0 Å². The second-order valence-electron chi connectivity index (χ2n) is 3.09. The Kier molecular flexibility index (Phi) is 2.22. The molecule has 14 heavy (non-hydrogen) atoms. The van der Waals surface area contributed by atoms with Crippen LogP contribution in [0.1, 0.15) is 17.0 Å². The zero-order valence-electron chi connectivity index (χ0n) is 8.16. The number of aryl methyl sites for hydroxylation is 2. The lowest BCUT2D eigenvalue weighted by molar-refractivity contribution is 0.392. The number of H-pyrrole nitrogens is 1. The molecule has 2 aromatic rings. The molecule has 0 saturated heterocycles. The summed E-state index contributed by atoms with van der Waals surface area (Å²) >= 11 is 0. The molecule has 0 saturated carbocycles. The van der Waals surface area contributed by atoms with Crippen molar-refractivity contribution in [1.29, 1.82) is 0 Å². The van der Waals surface area contributed by atoms with Gasteiger partial charge in [0.15, 0.2) is 5.95 Å². The summed E-state index contributed by atoms with van der Waals surface area (Å²) in [5, 5.41) is 7.01. The Morgan fingerprint density at radius 1 is 1.50 bits per heavy atom. The first-order valence-electron chi connectivity index (χ1n) is 4.42. The van der Waals surface area contributed by atoms with Gasteiger partial charge in [0.25, 0.3) is 0 Å². The highest BCUT2D eigenvalue weighted by Gasteiger charge is 2.08. The Hall–Kier alpha value is -1.78. The number of hydrogen-bond acceptors (Lipinski definition) is 4. The summed E-state index contributed by atoms with van der Waals surface area (Å²) < 4.78 is 5.04. The maximum Gasteiger partial charge on any atom is 0.200 e. The molecule has 2 aromatic heterocycles. The third-order valence-corrected chi connectivity index (χ3v) is 2.11. The van der Waals surface area contributed by atoms with E-state index in [2.05, 4.69) is 20.4 Å². The fourth-order valence-corrected chi connectivity index (χ4v) is 1.29. The van der Waals surface area contributed by atoms with Crippen molar-refractivity contribution in [3.63, 3.8) is 0 Å². The highest BCUT2D eigenvalue weighted by atomic mass is 16.5. The van der Waals surface area contributed by atoms with E-state index in [4.69, 9.17) is 4.52 Å². The quantitative estimate of drug-likeness (QED) is 0.775. The lowest BCUT2D eigenvalue weighted by Crippen LogP contribution is -2.02. The van der Waals surface area contributed by atoms with Crippen LogP contribution in [0.15, 0.2) is 16.9 Å². The second kappa shape index (κ2) is 3.53. The molecule has 0 amide bonds. The zero-order chi connectivity index (χ0) is 9.97. The summed E-state index contributed by atoms with van der Waals surface area (Å²) in [5.74, 6) is 1.60. The van der Waals surface area contributed by atoms with Gasteiger partial charge in [-0.25, -0.2) is 4.98 Å². The summed E-state index contributed by atoms with van der Waals surface area (Å²) in [4.78, 5) is 7.02. The van der Waals surface area contributed by atoms with Crippen LogP contribution in [0.5, 0.6) is 0 Å². The lowest BCUT2D eigenvalue weighted by Gasteiger charge is -2.01. The fourth-order valence-electron chi connectivity index (χ4n) is 1.29. The van der Waals surface area contributed by atoms with E-state index in [0.29, 0.717) is 6.54 Å². The van der Waals surface area contributed by atoms with Gasteiger partial charge in [0.1, 0.15) is 5.76 Å². The van der Waals surface area contributed by atoms with Crippen LogP contribution in [-0.2, 0) is 6.54 Å². The Morgan fingerprint density at radius 3 is 2.93 bits per heavy atom. The highest BCUT2D eigenvalue weighted by molar-refractivity contribution is 5.29. The van der Waals surface area contributed by atoms with Gasteiger partial charge in [0.05, 0.1) is 5.69 Å². The standard InChI is InChI=1S/C9H12N4O/c1-6-8(7(2)14-13-6)5-12-9-10-3-4-11-9/h3-4H,5H2,1-2H3,(H2,10,11,12). The number of rotatable bonds is 3. The monoisotopic (exact) mass is 192 g/mol. The molecule has 0 fully saturated rings. The van der Waals surface area contributed by atoms with Crippen LogP contribution in [0, 0.1) is 13.8 Å². The van der Waals surface area contributed by atoms with Gasteiger partial charge >= 0.3 is 0 Å². The maximum absolute atomic E-state index is 5.04. The maximum atomic E-state index is 5.04. The van der Waals surface area contributed by atoms with E-state index in [1.807, 2.05) is 13.8 Å². The second-order valence-corrected chi connectivity index (χ2v) is 3.09. The minimum Gasteiger partial charge on any atom is -0.361 e. The third kappa shape index (κ3) is 1.61. The third-order valence-electron chi connectivity index (χ3n) is 2.11. The molecule has 2 N–H and O–H groups in total. The first kappa shape index (κ1) is 8.80. The van der Waals surface area contributed by atoms with Gasteiger partial charge in [-0.2, -0.15) is 0 Å². The predicted molar refractivity (Wildman–Crippen MR) is 51.9 cm³/mol. The van der Waals surface area contributed by atoms with Gasteiger partial charge in [0, 0.05) is 24.5 Å². The number of imidazole rings is 1. The van der Waals surface area contributed by atoms with Crippen LogP contribution in [0.3, 0.4) is 0 Å². The van der Waals surface area contributed by atoms with Crippen LogP contribution < -0.4 is 5.32 Å². The summed E-state index contributed by atoms with van der Waals surface area (Å²) in [6.07, 6.45) is 3.48. The van der Waals surface area contributed by atoms with Crippen molar-refractivity contribution in [2.45, 2.75) is 20.4 Å². The average molecular weight is 192 g/mol. The number of nitrogens with zero attached hydrogens (tertiary/aromatic N) is 2. The normalized spacial score (nSPS) is 10.4. The molecule has 2 heterocycles. The van der Waals surface area contributed by atoms with E-state index in [1.54, 1.807) is 12.4 Å². The van der Waals surface area contributed by atoms with Gasteiger partial charge in [-0.05, 0) is 13.8 Å². The van der Waals surface area contributed by atoms with E-state index in [9.17, 15) is 0 Å². The van der Waals surface area contributed by atoms with Crippen molar-refractivity contribution in [3.05, 3.63) is 29.4 Å². The van der Waals surface area contributed by atoms with Crippen molar-refractivity contribution >= 4 is 5.95 Å². The number of aromatic amines is 1. The van der Waals surface area contributed by atoms with Crippen molar-refractivity contribution in [2.75, 3.05) is 5.32 Å². The molecule has 5 heteroatoms. The first-order valence-corrected chi connectivity index (χ1v) is 4.42. The number of nitrogens with one attached hydrogen (secondary N) is 2. The summed E-state index contributed by atoms with van der Waals surface area (Å²) in [5.41, 5.74) is 2.00. The molecule has 2 rings (SSSR count). The molecule has 0 atom stereocenters. The fraction of sp³-hybridized carbons (Fsp3) is 0.333. The van der Waals surface area contributed by atoms with Crippen LogP contribution in [0.2, 0.25) is 0 Å². The molecule has 0 aromatic carbocycles. The van der Waals surface area contributed by atoms with Gasteiger partial charge in [0.2, 0.25) is 0 Å². The van der Waals surface area contributed by atoms with Crippen LogP contribution >= 0.6 is 0 Å². The van der Waals surface area contributed by atoms with E-state index >= 15 is 0 Å². The zero-order valence-corrected chi connectivity index (χ0v) is 8.16. The van der Waals surface area contributed by atoms with Crippen molar-refractivity contribution < 1.29 is 4.52 Å². The summed E-state index contributed by atoms with van der Waals surface area (Å²) in [6, 6.07) is 0. The van der Waals surface area contributed by atoms with E-state index in [1.165, 1.54) is 0 Å². The summed E-state index contributed by atoms with van der Waals surface area (Å²) in [7, 11) is 0. The Balaban J connectivity index is 2.05. The molecule has 0 spiro atoms. The molecule has 0 bridgehead atoms. The molecule has 0 aliphatic heterocycles. The molecule has 5 nitrogen and oxygen atoms in total. The van der Waals surface area contributed by atoms with Crippen molar-refractivity contribution in [1.82, 2.24) is 15.1 Å². The van der Waals surface area contributed by atoms with E-state index in [0.717, 1.165) is 23.0 Å². The van der Waals surface area contributed by atoms with E-state index in [-0.39, 0.29) is 0 Å². The Labute approximate surface area is 81.5 Å². The van der Waals surface area contributed by atoms with Gasteiger partial charge < -0.3 is 14.8 Å². The van der Waals surface area contributed by atoms with Crippen LogP contribution in [0.4, 0.5) is 5.95 Å².